The summed E-state index contributed by atoms with van der Waals surface area (Å²) in [7, 11) is 0. The molecular weight excluding hydrogens is 282 g/mol. The zero-order valence-electron chi connectivity index (χ0n) is 11.9. The van der Waals surface area contributed by atoms with Gasteiger partial charge in [0.1, 0.15) is 12.1 Å². The minimum absolute atomic E-state index is 0.00512. The molecule has 0 aliphatic rings. The first-order valence-electron chi connectivity index (χ1n) is 6.44. The SMILES string of the molecule is CCC(C)C(N)C(=O)NC(C)C(=O)NC(CS)C(=O)O. The van der Waals surface area contributed by atoms with Crippen LogP contribution >= 0.6 is 12.6 Å². The molecule has 0 fully saturated rings. The molecule has 5 N–H and O–H groups in total. The minimum Gasteiger partial charge on any atom is -0.480 e. The van der Waals surface area contributed by atoms with Crippen molar-refractivity contribution in [2.24, 2.45) is 11.7 Å². The van der Waals surface area contributed by atoms with E-state index in [1.807, 2.05) is 13.8 Å². The number of carbonyl (C=O) groups is 3. The molecule has 0 aromatic carbocycles. The number of hydrogen-bond donors (Lipinski definition) is 5. The minimum atomic E-state index is -1.18. The van der Waals surface area contributed by atoms with E-state index < -0.39 is 35.9 Å². The van der Waals surface area contributed by atoms with E-state index in [0.29, 0.717) is 0 Å². The summed E-state index contributed by atoms with van der Waals surface area (Å²) in [4.78, 5) is 34.3. The van der Waals surface area contributed by atoms with E-state index in [9.17, 15) is 14.4 Å². The molecule has 4 unspecified atom stereocenters. The summed E-state index contributed by atoms with van der Waals surface area (Å²) in [6.07, 6.45) is 0.746. The Kier molecular flexibility index (Phi) is 8.24. The van der Waals surface area contributed by atoms with Crippen LogP contribution in [0.1, 0.15) is 27.2 Å². The van der Waals surface area contributed by atoms with Crippen molar-refractivity contribution in [3.05, 3.63) is 0 Å². The van der Waals surface area contributed by atoms with Crippen molar-refractivity contribution in [2.75, 3.05) is 5.75 Å². The highest BCUT2D eigenvalue weighted by Gasteiger charge is 2.25. The van der Waals surface area contributed by atoms with Gasteiger partial charge in [-0.15, -0.1) is 0 Å². The molecule has 0 aromatic rings. The smallest absolute Gasteiger partial charge is 0.327 e. The van der Waals surface area contributed by atoms with Crippen LogP contribution < -0.4 is 16.4 Å². The maximum atomic E-state index is 11.8. The second kappa shape index (κ2) is 8.80. The van der Waals surface area contributed by atoms with E-state index >= 15 is 0 Å². The fourth-order valence-corrected chi connectivity index (χ4v) is 1.62. The number of amides is 2. The van der Waals surface area contributed by atoms with Gasteiger partial charge < -0.3 is 21.5 Å². The van der Waals surface area contributed by atoms with E-state index in [4.69, 9.17) is 10.8 Å². The monoisotopic (exact) mass is 305 g/mol. The first kappa shape index (κ1) is 18.7. The van der Waals surface area contributed by atoms with E-state index in [0.717, 1.165) is 6.42 Å². The Labute approximate surface area is 124 Å². The van der Waals surface area contributed by atoms with Crippen LogP contribution in [-0.4, -0.2) is 46.8 Å². The van der Waals surface area contributed by atoms with Crippen LogP contribution in [0.3, 0.4) is 0 Å². The molecular formula is C12H23N3O4S. The number of aliphatic carboxylic acids is 1. The average molecular weight is 305 g/mol. The molecule has 0 radical (unpaired) electrons. The van der Waals surface area contributed by atoms with Gasteiger partial charge >= 0.3 is 5.97 Å². The summed E-state index contributed by atoms with van der Waals surface area (Å²) < 4.78 is 0. The summed E-state index contributed by atoms with van der Waals surface area (Å²) in [5, 5.41) is 13.6. The molecule has 0 aliphatic heterocycles. The predicted octanol–water partition coefficient (Wildman–Crippen LogP) is -0.636. The van der Waals surface area contributed by atoms with E-state index in [1.54, 1.807) is 0 Å². The number of nitrogens with two attached hydrogens (primary N) is 1. The molecule has 0 heterocycles. The number of carboxylic acids is 1. The van der Waals surface area contributed by atoms with Gasteiger partial charge in [0.2, 0.25) is 11.8 Å². The Morgan fingerprint density at radius 2 is 1.75 bits per heavy atom. The standard InChI is InChI=1S/C12H23N3O4S/c1-4-6(2)9(13)11(17)14-7(3)10(16)15-8(5-20)12(18)19/h6-9,20H,4-5,13H2,1-3H3,(H,14,17)(H,15,16)(H,18,19). The molecule has 0 bridgehead atoms. The van der Waals surface area contributed by atoms with Crippen molar-refractivity contribution in [3.63, 3.8) is 0 Å². The van der Waals surface area contributed by atoms with Gasteiger partial charge in [0.15, 0.2) is 0 Å². The third-order valence-electron chi connectivity index (χ3n) is 3.11. The molecule has 2 amide bonds. The third kappa shape index (κ3) is 5.79. The van der Waals surface area contributed by atoms with Crippen LogP contribution in [-0.2, 0) is 14.4 Å². The first-order valence-corrected chi connectivity index (χ1v) is 7.07. The number of carbonyl (C=O) groups excluding carboxylic acids is 2. The molecule has 116 valence electrons. The zero-order chi connectivity index (χ0) is 15.9. The maximum Gasteiger partial charge on any atom is 0.327 e. The van der Waals surface area contributed by atoms with Crippen molar-refractivity contribution in [2.45, 2.75) is 45.3 Å². The van der Waals surface area contributed by atoms with Gasteiger partial charge in [-0.2, -0.15) is 12.6 Å². The van der Waals surface area contributed by atoms with E-state index in [-0.39, 0.29) is 11.7 Å². The van der Waals surface area contributed by atoms with Crippen molar-refractivity contribution < 1.29 is 19.5 Å². The highest BCUT2D eigenvalue weighted by atomic mass is 32.1. The summed E-state index contributed by atoms with van der Waals surface area (Å²) in [6, 6.07) is -2.65. The number of carboxylic acid groups (broad SMARTS) is 1. The number of rotatable bonds is 8. The van der Waals surface area contributed by atoms with Crippen LogP contribution in [0.25, 0.3) is 0 Å². The molecule has 8 heteroatoms. The Bertz CT molecular complexity index is 365. The van der Waals surface area contributed by atoms with Crippen molar-refractivity contribution in [3.8, 4) is 0 Å². The summed E-state index contributed by atoms with van der Waals surface area (Å²) >= 11 is 3.84. The lowest BCUT2D eigenvalue weighted by Gasteiger charge is -2.21. The second-order valence-electron chi connectivity index (χ2n) is 4.72. The average Bonchev–Trinajstić information content (AvgIpc) is 2.41. The Balaban J connectivity index is 4.46. The molecule has 0 rings (SSSR count). The topological polar surface area (TPSA) is 122 Å². The van der Waals surface area contributed by atoms with Gasteiger partial charge in [-0.1, -0.05) is 20.3 Å². The van der Waals surface area contributed by atoms with Crippen LogP contribution in [0.4, 0.5) is 0 Å². The largest absolute Gasteiger partial charge is 0.480 e. The van der Waals surface area contributed by atoms with Crippen LogP contribution in [0.5, 0.6) is 0 Å². The molecule has 0 saturated carbocycles. The molecule has 0 aromatic heterocycles. The van der Waals surface area contributed by atoms with E-state index in [1.165, 1.54) is 6.92 Å². The Hall–Kier alpha value is -1.28. The maximum absolute atomic E-state index is 11.8. The lowest BCUT2D eigenvalue weighted by Crippen LogP contribution is -2.54. The van der Waals surface area contributed by atoms with Gasteiger partial charge in [-0.25, -0.2) is 4.79 Å². The lowest BCUT2D eigenvalue weighted by atomic mass is 9.99. The van der Waals surface area contributed by atoms with Gasteiger partial charge in [0.05, 0.1) is 6.04 Å². The number of thiol groups is 1. The van der Waals surface area contributed by atoms with Crippen molar-refractivity contribution in [1.82, 2.24) is 10.6 Å². The zero-order valence-corrected chi connectivity index (χ0v) is 12.8. The quantitative estimate of drug-likeness (QED) is 0.382. The van der Waals surface area contributed by atoms with Crippen molar-refractivity contribution >= 4 is 30.4 Å². The molecule has 7 nitrogen and oxygen atoms in total. The Morgan fingerprint density at radius 1 is 1.20 bits per heavy atom. The summed E-state index contributed by atoms with van der Waals surface area (Å²) in [5.41, 5.74) is 5.75. The van der Waals surface area contributed by atoms with Crippen molar-refractivity contribution in [1.29, 1.82) is 0 Å². The van der Waals surface area contributed by atoms with Gasteiger partial charge in [-0.3, -0.25) is 9.59 Å². The Morgan fingerprint density at radius 3 is 2.15 bits per heavy atom. The summed E-state index contributed by atoms with van der Waals surface area (Å²) in [5.74, 6) is -2.23. The van der Waals surface area contributed by atoms with Gasteiger partial charge in [-0.05, 0) is 12.8 Å². The fraction of sp³-hybridized carbons (Fsp3) is 0.750. The molecule has 0 saturated heterocycles. The fourth-order valence-electron chi connectivity index (χ4n) is 1.37. The molecule has 20 heavy (non-hydrogen) atoms. The lowest BCUT2D eigenvalue weighted by molar-refractivity contribution is -0.141. The van der Waals surface area contributed by atoms with Gasteiger partial charge in [0.25, 0.3) is 0 Å². The molecule has 0 aliphatic carbocycles. The normalized spacial score (nSPS) is 16.6. The number of hydrogen-bond acceptors (Lipinski definition) is 5. The third-order valence-corrected chi connectivity index (χ3v) is 3.47. The second-order valence-corrected chi connectivity index (χ2v) is 5.09. The van der Waals surface area contributed by atoms with E-state index in [2.05, 4.69) is 23.3 Å². The predicted molar refractivity (Wildman–Crippen MR) is 78.5 cm³/mol. The summed E-state index contributed by atoms with van der Waals surface area (Å²) in [6.45, 7) is 5.22. The highest BCUT2D eigenvalue weighted by Crippen LogP contribution is 2.05. The highest BCUT2D eigenvalue weighted by molar-refractivity contribution is 7.80. The number of nitrogens with one attached hydrogen (secondary N) is 2. The molecule has 0 spiro atoms. The van der Waals surface area contributed by atoms with Crippen LogP contribution in [0, 0.1) is 5.92 Å². The first-order chi connectivity index (χ1) is 9.24. The van der Waals surface area contributed by atoms with Gasteiger partial charge in [0, 0.05) is 5.75 Å². The van der Waals surface area contributed by atoms with Crippen LogP contribution in [0.15, 0.2) is 0 Å². The molecule has 4 atom stereocenters. The van der Waals surface area contributed by atoms with Crippen LogP contribution in [0.2, 0.25) is 0 Å².